The number of nitrogens with one attached hydrogen (secondary N) is 1. The SMILES string of the molecule is [N-]=[N+]=NC1=CC=C(C(=O)O)C(O)C1=N. The summed E-state index contributed by atoms with van der Waals surface area (Å²) in [6.07, 6.45) is 0.741. The van der Waals surface area contributed by atoms with Crippen molar-refractivity contribution < 1.29 is 15.0 Å². The molecule has 0 aliphatic heterocycles. The van der Waals surface area contributed by atoms with Crippen LogP contribution < -0.4 is 0 Å². The monoisotopic (exact) mass is 194 g/mol. The highest BCUT2D eigenvalue weighted by molar-refractivity contribution is 6.09. The zero-order valence-electron chi connectivity index (χ0n) is 6.88. The molecule has 0 radical (unpaired) electrons. The normalized spacial score (nSPS) is 20.6. The second-order valence-corrected chi connectivity index (χ2v) is 2.48. The van der Waals surface area contributed by atoms with Crippen LogP contribution in [0.15, 0.2) is 28.5 Å². The van der Waals surface area contributed by atoms with E-state index in [9.17, 15) is 9.90 Å². The first-order chi connectivity index (χ1) is 6.57. The molecule has 0 heterocycles. The molecule has 7 nitrogen and oxygen atoms in total. The Morgan fingerprint density at radius 1 is 1.64 bits per heavy atom. The van der Waals surface area contributed by atoms with Gasteiger partial charge in [0.1, 0.15) is 6.10 Å². The summed E-state index contributed by atoms with van der Waals surface area (Å²) in [5.41, 5.74) is 7.29. The fraction of sp³-hybridized carbons (Fsp3) is 0.143. The number of carbonyl (C=O) groups is 1. The van der Waals surface area contributed by atoms with E-state index in [1.807, 2.05) is 0 Å². The molecule has 1 aliphatic carbocycles. The largest absolute Gasteiger partial charge is 0.478 e. The molecule has 0 amide bonds. The van der Waals surface area contributed by atoms with Crippen LogP contribution in [0.4, 0.5) is 0 Å². The first kappa shape index (κ1) is 9.97. The zero-order chi connectivity index (χ0) is 10.7. The van der Waals surface area contributed by atoms with Gasteiger partial charge in [-0.3, -0.25) is 0 Å². The Morgan fingerprint density at radius 2 is 2.29 bits per heavy atom. The molecule has 0 aromatic rings. The summed E-state index contributed by atoms with van der Waals surface area (Å²) in [4.78, 5) is 13.0. The number of aliphatic carboxylic acids is 1. The van der Waals surface area contributed by atoms with E-state index < -0.39 is 17.8 Å². The number of rotatable bonds is 2. The Morgan fingerprint density at radius 3 is 2.79 bits per heavy atom. The molecule has 14 heavy (non-hydrogen) atoms. The van der Waals surface area contributed by atoms with Gasteiger partial charge in [-0.15, -0.1) is 0 Å². The van der Waals surface area contributed by atoms with E-state index in [1.165, 1.54) is 6.08 Å². The standard InChI is InChI=1S/C7H6N4O3/c8-5-4(10-11-9)2-1-3(6(5)12)7(13)14/h1-2,6,8,12H,(H,13,14). The van der Waals surface area contributed by atoms with Crippen LogP contribution in [0.2, 0.25) is 0 Å². The van der Waals surface area contributed by atoms with Gasteiger partial charge in [0.2, 0.25) is 0 Å². The van der Waals surface area contributed by atoms with Gasteiger partial charge < -0.3 is 15.6 Å². The van der Waals surface area contributed by atoms with Crippen molar-refractivity contribution in [3.05, 3.63) is 33.9 Å². The minimum absolute atomic E-state index is 0.0787. The number of nitrogens with zero attached hydrogens (tertiary/aromatic N) is 3. The van der Waals surface area contributed by atoms with E-state index in [4.69, 9.17) is 16.0 Å². The molecule has 0 aromatic carbocycles. The minimum atomic E-state index is -1.54. The number of hydrogen-bond donors (Lipinski definition) is 3. The number of carboxylic acid groups (broad SMARTS) is 1. The maximum Gasteiger partial charge on any atom is 0.334 e. The molecule has 0 aromatic heterocycles. The van der Waals surface area contributed by atoms with Gasteiger partial charge in [0.25, 0.3) is 0 Å². The molecule has 0 fully saturated rings. The Balaban J connectivity index is 3.14. The van der Waals surface area contributed by atoms with Gasteiger partial charge >= 0.3 is 5.97 Å². The number of allylic oxidation sites excluding steroid dienone is 2. The van der Waals surface area contributed by atoms with E-state index in [0.717, 1.165) is 6.08 Å². The average Bonchev–Trinajstić information content (AvgIpc) is 2.13. The summed E-state index contributed by atoms with van der Waals surface area (Å²) in [5, 5.41) is 28.3. The molecule has 7 heteroatoms. The Hall–Kier alpha value is -2.11. The highest BCUT2D eigenvalue weighted by Gasteiger charge is 2.26. The van der Waals surface area contributed by atoms with Crippen LogP contribution in [0, 0.1) is 5.41 Å². The molecular weight excluding hydrogens is 188 g/mol. The highest BCUT2D eigenvalue weighted by Crippen LogP contribution is 2.17. The summed E-state index contributed by atoms with van der Waals surface area (Å²) in [5.74, 6) is -1.31. The van der Waals surface area contributed by atoms with E-state index in [-0.39, 0.29) is 11.3 Å². The fourth-order valence-corrected chi connectivity index (χ4v) is 0.969. The molecule has 0 spiro atoms. The van der Waals surface area contributed by atoms with Crippen LogP contribution in [0.1, 0.15) is 0 Å². The molecule has 3 N–H and O–H groups in total. The van der Waals surface area contributed by atoms with E-state index in [1.54, 1.807) is 0 Å². The topological polar surface area (TPSA) is 130 Å². The second-order valence-electron chi connectivity index (χ2n) is 2.48. The lowest BCUT2D eigenvalue weighted by molar-refractivity contribution is -0.133. The van der Waals surface area contributed by atoms with Gasteiger partial charge in [0.05, 0.1) is 17.0 Å². The molecule has 0 saturated heterocycles. The van der Waals surface area contributed by atoms with Gasteiger partial charge in [-0.05, 0) is 11.6 Å². The van der Waals surface area contributed by atoms with Gasteiger partial charge in [-0.25, -0.2) is 4.79 Å². The Bertz CT molecular complexity index is 403. The van der Waals surface area contributed by atoms with Crippen molar-refractivity contribution in [2.75, 3.05) is 0 Å². The smallest absolute Gasteiger partial charge is 0.334 e. The third kappa shape index (κ3) is 1.63. The third-order valence-corrected chi connectivity index (χ3v) is 1.66. The molecule has 1 atom stereocenters. The minimum Gasteiger partial charge on any atom is -0.478 e. The lowest BCUT2D eigenvalue weighted by Gasteiger charge is -2.16. The number of carboxylic acids is 1. The number of aliphatic hydroxyl groups is 1. The van der Waals surface area contributed by atoms with Gasteiger partial charge in [-0.1, -0.05) is 11.2 Å². The maximum atomic E-state index is 10.5. The van der Waals surface area contributed by atoms with Crippen LogP contribution in [0.3, 0.4) is 0 Å². The number of azide groups is 1. The second kappa shape index (κ2) is 3.73. The molecule has 72 valence electrons. The first-order valence-electron chi connectivity index (χ1n) is 3.55. The lowest BCUT2D eigenvalue weighted by Crippen LogP contribution is -2.29. The fourth-order valence-electron chi connectivity index (χ4n) is 0.969. The first-order valence-corrected chi connectivity index (χ1v) is 3.55. The quantitative estimate of drug-likeness (QED) is 0.337. The third-order valence-electron chi connectivity index (χ3n) is 1.66. The molecule has 1 unspecified atom stereocenters. The van der Waals surface area contributed by atoms with Crippen LogP contribution in [-0.4, -0.2) is 28.0 Å². The van der Waals surface area contributed by atoms with Crippen molar-refractivity contribution in [1.29, 1.82) is 5.41 Å². The van der Waals surface area contributed by atoms with E-state index >= 15 is 0 Å². The Kier molecular flexibility index (Phi) is 2.66. The van der Waals surface area contributed by atoms with Crippen molar-refractivity contribution in [1.82, 2.24) is 0 Å². The Labute approximate surface area is 78.1 Å². The van der Waals surface area contributed by atoms with Crippen molar-refractivity contribution >= 4 is 11.7 Å². The van der Waals surface area contributed by atoms with Crippen LogP contribution in [0.25, 0.3) is 10.4 Å². The average molecular weight is 194 g/mol. The molecule has 0 saturated carbocycles. The summed E-state index contributed by atoms with van der Waals surface area (Å²) < 4.78 is 0. The predicted molar refractivity (Wildman–Crippen MR) is 46.7 cm³/mol. The maximum absolute atomic E-state index is 10.5. The summed E-state index contributed by atoms with van der Waals surface area (Å²) in [6, 6.07) is 0. The van der Waals surface area contributed by atoms with Crippen LogP contribution in [-0.2, 0) is 4.79 Å². The predicted octanol–water partition coefficient (Wildman–Crippen LogP) is 0.586. The van der Waals surface area contributed by atoms with E-state index in [0.29, 0.717) is 0 Å². The van der Waals surface area contributed by atoms with Crippen molar-refractivity contribution in [3.8, 4) is 0 Å². The lowest BCUT2D eigenvalue weighted by atomic mass is 9.98. The van der Waals surface area contributed by atoms with Crippen molar-refractivity contribution in [2.24, 2.45) is 5.11 Å². The van der Waals surface area contributed by atoms with Crippen LogP contribution in [0.5, 0.6) is 0 Å². The van der Waals surface area contributed by atoms with Crippen LogP contribution >= 0.6 is 0 Å². The molecular formula is C7H6N4O3. The summed E-state index contributed by atoms with van der Waals surface area (Å²) in [6.45, 7) is 0. The van der Waals surface area contributed by atoms with Gasteiger partial charge in [-0.2, -0.15) is 0 Å². The zero-order valence-corrected chi connectivity index (χ0v) is 6.88. The van der Waals surface area contributed by atoms with Crippen molar-refractivity contribution in [3.63, 3.8) is 0 Å². The molecule has 1 aliphatic rings. The summed E-state index contributed by atoms with van der Waals surface area (Å²) >= 11 is 0. The van der Waals surface area contributed by atoms with Crippen molar-refractivity contribution in [2.45, 2.75) is 6.10 Å². The number of hydrogen-bond acceptors (Lipinski definition) is 4. The summed E-state index contributed by atoms with van der Waals surface area (Å²) in [7, 11) is 0. The number of aliphatic hydroxyl groups excluding tert-OH is 1. The molecule has 1 rings (SSSR count). The van der Waals surface area contributed by atoms with E-state index in [2.05, 4.69) is 10.0 Å². The van der Waals surface area contributed by atoms with Gasteiger partial charge in [0, 0.05) is 4.91 Å². The highest BCUT2D eigenvalue weighted by atomic mass is 16.4. The molecule has 0 bridgehead atoms. The van der Waals surface area contributed by atoms with Gasteiger partial charge in [0.15, 0.2) is 0 Å².